The minimum absolute atomic E-state index is 0.134. The fourth-order valence-electron chi connectivity index (χ4n) is 4.33. The average molecular weight is 358 g/mol. The minimum atomic E-state index is 0.134. The summed E-state index contributed by atoms with van der Waals surface area (Å²) in [6, 6.07) is 16.6. The Morgan fingerprint density at radius 2 is 1.81 bits per heavy atom. The second-order valence-electron chi connectivity index (χ2n) is 7.73. The Hall–Kier alpha value is -2.68. The van der Waals surface area contributed by atoms with Gasteiger partial charge < -0.3 is 4.90 Å². The van der Waals surface area contributed by atoms with Gasteiger partial charge in [0.25, 0.3) is 5.91 Å². The maximum atomic E-state index is 13.4. The van der Waals surface area contributed by atoms with Gasteiger partial charge in [0.05, 0.1) is 11.1 Å². The van der Waals surface area contributed by atoms with Gasteiger partial charge in [0.1, 0.15) is 0 Å². The van der Waals surface area contributed by atoms with Gasteiger partial charge in [0, 0.05) is 30.1 Å². The van der Waals surface area contributed by atoms with Gasteiger partial charge in [-0.25, -0.2) is 0 Å². The number of nitrogens with zero attached hydrogens (tertiary/aromatic N) is 2. The van der Waals surface area contributed by atoms with Crippen molar-refractivity contribution in [3.63, 3.8) is 0 Å². The van der Waals surface area contributed by atoms with Gasteiger partial charge in [-0.2, -0.15) is 0 Å². The van der Waals surface area contributed by atoms with Crippen molar-refractivity contribution >= 4 is 16.8 Å². The van der Waals surface area contributed by atoms with E-state index < -0.39 is 0 Å². The van der Waals surface area contributed by atoms with Gasteiger partial charge in [-0.05, 0) is 56.4 Å². The second-order valence-corrected chi connectivity index (χ2v) is 7.73. The van der Waals surface area contributed by atoms with Crippen LogP contribution in [0.1, 0.15) is 51.5 Å². The molecule has 138 valence electrons. The maximum Gasteiger partial charge on any atom is 0.254 e. The quantitative estimate of drug-likeness (QED) is 0.632. The molecule has 1 saturated heterocycles. The highest BCUT2D eigenvalue weighted by Gasteiger charge is 2.27. The lowest BCUT2D eigenvalue weighted by Crippen LogP contribution is -2.39. The Bertz CT molecular complexity index is 1010. The van der Waals surface area contributed by atoms with Crippen LogP contribution in [-0.4, -0.2) is 28.9 Å². The summed E-state index contributed by atoms with van der Waals surface area (Å²) >= 11 is 0. The van der Waals surface area contributed by atoms with E-state index in [2.05, 4.69) is 49.2 Å². The zero-order valence-corrected chi connectivity index (χ0v) is 16.3. The van der Waals surface area contributed by atoms with E-state index in [0.717, 1.165) is 53.7 Å². The van der Waals surface area contributed by atoms with Gasteiger partial charge in [-0.3, -0.25) is 9.78 Å². The molecule has 27 heavy (non-hydrogen) atoms. The molecule has 1 aromatic heterocycles. The highest BCUT2D eigenvalue weighted by atomic mass is 16.2. The first-order chi connectivity index (χ1) is 13.0. The third-order valence-corrected chi connectivity index (χ3v) is 5.74. The molecule has 0 bridgehead atoms. The largest absolute Gasteiger partial charge is 0.338 e. The highest BCUT2D eigenvalue weighted by Crippen LogP contribution is 2.31. The minimum Gasteiger partial charge on any atom is -0.338 e. The van der Waals surface area contributed by atoms with Crippen LogP contribution in [0, 0.1) is 20.8 Å². The predicted octanol–water partition coefficient (Wildman–Crippen LogP) is 5.18. The molecular formula is C24H26N2O. The molecule has 1 atom stereocenters. The lowest BCUT2D eigenvalue weighted by atomic mass is 9.87. The first-order valence-electron chi connectivity index (χ1n) is 9.76. The van der Waals surface area contributed by atoms with Gasteiger partial charge in [0.15, 0.2) is 0 Å². The predicted molar refractivity (Wildman–Crippen MR) is 110 cm³/mol. The number of piperidine rings is 1. The Morgan fingerprint density at radius 3 is 2.63 bits per heavy atom. The molecule has 0 N–H and O–H groups in total. The fraction of sp³-hybridized carbons (Fsp3) is 0.333. The smallest absolute Gasteiger partial charge is 0.254 e. The normalized spacial score (nSPS) is 17.3. The summed E-state index contributed by atoms with van der Waals surface area (Å²) in [6.45, 7) is 7.81. The molecule has 1 fully saturated rings. The van der Waals surface area contributed by atoms with Crippen molar-refractivity contribution in [1.82, 2.24) is 9.88 Å². The molecule has 1 amide bonds. The SMILES string of the molecule is Cc1cc(C(=O)N2CCCC(c3ccccc3C)C2)c2cccc(C)c2n1. The van der Waals surface area contributed by atoms with Gasteiger partial charge >= 0.3 is 0 Å². The number of amides is 1. The fourth-order valence-corrected chi connectivity index (χ4v) is 4.33. The van der Waals surface area contributed by atoms with Crippen LogP contribution < -0.4 is 0 Å². The second kappa shape index (κ2) is 7.15. The number of fused-ring (bicyclic) bond motifs is 1. The van der Waals surface area contributed by atoms with Crippen LogP contribution in [0.3, 0.4) is 0 Å². The molecule has 1 aliphatic rings. The monoisotopic (exact) mass is 358 g/mol. The number of carbonyl (C=O) groups excluding carboxylic acids is 1. The number of pyridine rings is 1. The van der Waals surface area contributed by atoms with E-state index in [9.17, 15) is 4.79 Å². The number of hydrogen-bond donors (Lipinski definition) is 0. The van der Waals surface area contributed by atoms with Crippen LogP contribution in [0.4, 0.5) is 0 Å². The zero-order chi connectivity index (χ0) is 19.0. The lowest BCUT2D eigenvalue weighted by molar-refractivity contribution is 0.0708. The van der Waals surface area contributed by atoms with Crippen molar-refractivity contribution in [2.24, 2.45) is 0 Å². The summed E-state index contributed by atoms with van der Waals surface area (Å²) in [5.41, 5.74) is 6.42. The van der Waals surface area contributed by atoms with E-state index in [1.165, 1.54) is 11.1 Å². The van der Waals surface area contributed by atoms with Crippen molar-refractivity contribution in [2.75, 3.05) is 13.1 Å². The molecule has 0 saturated carbocycles. The first kappa shape index (κ1) is 17.7. The van der Waals surface area contributed by atoms with E-state index in [1.54, 1.807) is 0 Å². The molecule has 1 unspecified atom stereocenters. The Balaban J connectivity index is 1.68. The molecule has 3 nitrogen and oxygen atoms in total. The van der Waals surface area contributed by atoms with Crippen LogP contribution in [-0.2, 0) is 0 Å². The number of aromatic nitrogens is 1. The maximum absolute atomic E-state index is 13.4. The van der Waals surface area contributed by atoms with Crippen molar-refractivity contribution < 1.29 is 4.79 Å². The average Bonchev–Trinajstić information content (AvgIpc) is 2.68. The molecule has 2 heterocycles. The summed E-state index contributed by atoms with van der Waals surface area (Å²) in [7, 11) is 0. The molecule has 0 radical (unpaired) electrons. The van der Waals surface area contributed by atoms with Crippen molar-refractivity contribution in [3.8, 4) is 0 Å². The van der Waals surface area contributed by atoms with Crippen LogP contribution in [0.2, 0.25) is 0 Å². The van der Waals surface area contributed by atoms with Crippen molar-refractivity contribution in [1.29, 1.82) is 0 Å². The number of benzene rings is 2. The lowest BCUT2D eigenvalue weighted by Gasteiger charge is -2.34. The molecular weight excluding hydrogens is 332 g/mol. The summed E-state index contributed by atoms with van der Waals surface area (Å²) in [6.07, 6.45) is 2.19. The number of carbonyl (C=O) groups is 1. The van der Waals surface area contributed by atoms with Crippen LogP contribution in [0.15, 0.2) is 48.5 Å². The summed E-state index contributed by atoms with van der Waals surface area (Å²) < 4.78 is 0. The van der Waals surface area contributed by atoms with Gasteiger partial charge in [-0.1, -0.05) is 42.5 Å². The van der Waals surface area contributed by atoms with Crippen LogP contribution >= 0.6 is 0 Å². The number of aryl methyl sites for hydroxylation is 3. The molecule has 3 aromatic rings. The first-order valence-corrected chi connectivity index (χ1v) is 9.76. The van der Waals surface area contributed by atoms with Crippen molar-refractivity contribution in [2.45, 2.75) is 39.5 Å². The van der Waals surface area contributed by atoms with Crippen molar-refractivity contribution in [3.05, 3.63) is 76.5 Å². The van der Waals surface area contributed by atoms with E-state index in [4.69, 9.17) is 0 Å². The Morgan fingerprint density at radius 1 is 1.04 bits per heavy atom. The Kier molecular flexibility index (Phi) is 4.69. The zero-order valence-electron chi connectivity index (χ0n) is 16.3. The number of rotatable bonds is 2. The summed E-state index contributed by atoms with van der Waals surface area (Å²) in [4.78, 5) is 20.1. The molecule has 1 aliphatic heterocycles. The van der Waals surface area contributed by atoms with Gasteiger partial charge in [0.2, 0.25) is 0 Å². The topological polar surface area (TPSA) is 33.2 Å². The molecule has 3 heteroatoms. The highest BCUT2D eigenvalue weighted by molar-refractivity contribution is 6.06. The Labute approximate surface area is 161 Å². The number of hydrogen-bond acceptors (Lipinski definition) is 2. The third kappa shape index (κ3) is 3.34. The van der Waals surface area contributed by atoms with Crippen LogP contribution in [0.25, 0.3) is 10.9 Å². The standard InChI is InChI=1S/C24H26N2O/c1-16-8-4-5-11-20(16)19-10-7-13-26(15-19)24(27)22-14-18(3)25-23-17(2)9-6-12-21(22)23/h4-6,8-9,11-12,14,19H,7,10,13,15H2,1-3H3. The third-order valence-electron chi connectivity index (χ3n) is 5.74. The summed E-state index contributed by atoms with van der Waals surface area (Å²) in [5.74, 6) is 0.550. The van der Waals surface area contributed by atoms with E-state index in [1.807, 2.05) is 30.0 Å². The summed E-state index contributed by atoms with van der Waals surface area (Å²) in [5, 5.41) is 0.962. The van der Waals surface area contributed by atoms with Crippen LogP contribution in [0.5, 0.6) is 0 Å². The number of para-hydroxylation sites is 1. The molecule has 0 aliphatic carbocycles. The molecule has 0 spiro atoms. The number of likely N-dealkylation sites (tertiary alicyclic amines) is 1. The molecule has 4 rings (SSSR count). The van der Waals surface area contributed by atoms with E-state index >= 15 is 0 Å². The van der Waals surface area contributed by atoms with Gasteiger partial charge in [-0.15, -0.1) is 0 Å². The van der Waals surface area contributed by atoms with E-state index in [0.29, 0.717) is 5.92 Å². The van der Waals surface area contributed by atoms with E-state index in [-0.39, 0.29) is 5.91 Å². The molecule has 2 aromatic carbocycles.